The number of nitrogens with one attached hydrogen (secondary N) is 2. The number of aromatic hydroxyl groups is 1. The van der Waals surface area contributed by atoms with Crippen LogP contribution in [0.2, 0.25) is 0 Å². The van der Waals surface area contributed by atoms with Crippen molar-refractivity contribution in [3.05, 3.63) is 59.3 Å². The van der Waals surface area contributed by atoms with Gasteiger partial charge in [-0.15, -0.1) is 0 Å². The number of rotatable bonds is 5. The van der Waals surface area contributed by atoms with Crippen molar-refractivity contribution >= 4 is 22.8 Å². The SMILES string of the molecule is CNCCN1C(=O)N2C(c3cccc(O)c3)c3[nH]c4ccc(OC)cc4c3CC2(C)C1=O. The second-order valence-corrected chi connectivity index (χ2v) is 8.59. The van der Waals surface area contributed by atoms with E-state index in [1.807, 2.05) is 31.2 Å². The highest BCUT2D eigenvalue weighted by Gasteiger charge is 2.60. The smallest absolute Gasteiger partial charge is 0.328 e. The Morgan fingerprint density at radius 3 is 2.78 bits per heavy atom. The van der Waals surface area contributed by atoms with Gasteiger partial charge in [0, 0.05) is 36.1 Å². The van der Waals surface area contributed by atoms with Gasteiger partial charge < -0.3 is 20.1 Å². The van der Waals surface area contributed by atoms with Gasteiger partial charge in [0.15, 0.2) is 0 Å². The lowest BCUT2D eigenvalue weighted by Crippen LogP contribution is -2.53. The van der Waals surface area contributed by atoms with E-state index >= 15 is 0 Å². The fraction of sp³-hybridized carbons (Fsp3) is 0.333. The number of amides is 3. The molecule has 1 fully saturated rings. The minimum Gasteiger partial charge on any atom is -0.508 e. The average molecular weight is 434 g/mol. The van der Waals surface area contributed by atoms with Crippen molar-refractivity contribution in [2.24, 2.45) is 0 Å². The molecule has 8 heteroatoms. The number of carbonyl (C=O) groups excluding carboxylic acids is 2. The highest BCUT2D eigenvalue weighted by atomic mass is 16.5. The van der Waals surface area contributed by atoms with E-state index in [2.05, 4.69) is 10.3 Å². The number of carbonyl (C=O) groups is 2. The maximum atomic E-state index is 13.6. The van der Waals surface area contributed by atoms with Crippen molar-refractivity contribution in [1.82, 2.24) is 20.1 Å². The van der Waals surface area contributed by atoms with Crippen LogP contribution < -0.4 is 10.1 Å². The third-order valence-electron chi connectivity index (χ3n) is 6.64. The second kappa shape index (κ2) is 7.27. The van der Waals surface area contributed by atoms with Gasteiger partial charge in [0.1, 0.15) is 23.1 Å². The molecule has 1 aromatic heterocycles. The Kier molecular flexibility index (Phi) is 4.63. The molecule has 2 atom stereocenters. The molecule has 0 radical (unpaired) electrons. The summed E-state index contributed by atoms with van der Waals surface area (Å²) in [6.07, 6.45) is 0.394. The van der Waals surface area contributed by atoms with Crippen LogP contribution in [0.25, 0.3) is 10.9 Å². The molecule has 0 aliphatic carbocycles. The lowest BCUT2D eigenvalue weighted by molar-refractivity contribution is -0.133. The number of aromatic amines is 1. The summed E-state index contributed by atoms with van der Waals surface area (Å²) in [5.74, 6) is 0.634. The number of hydrogen-bond acceptors (Lipinski definition) is 5. The number of phenols is 1. The summed E-state index contributed by atoms with van der Waals surface area (Å²) in [4.78, 5) is 33.6. The first kappa shape index (κ1) is 20.4. The molecule has 2 aliphatic rings. The van der Waals surface area contributed by atoms with Crippen LogP contribution in [0.4, 0.5) is 4.79 Å². The van der Waals surface area contributed by atoms with E-state index in [9.17, 15) is 14.7 Å². The van der Waals surface area contributed by atoms with Crippen molar-refractivity contribution in [3.63, 3.8) is 0 Å². The van der Waals surface area contributed by atoms with Crippen LogP contribution in [0.1, 0.15) is 29.8 Å². The highest BCUT2D eigenvalue weighted by molar-refractivity contribution is 6.08. The van der Waals surface area contributed by atoms with Gasteiger partial charge in [-0.25, -0.2) is 4.79 Å². The molecule has 0 bridgehead atoms. The summed E-state index contributed by atoms with van der Waals surface area (Å²) in [5, 5.41) is 14.2. The van der Waals surface area contributed by atoms with E-state index in [1.54, 1.807) is 37.3 Å². The molecule has 5 rings (SSSR count). The Morgan fingerprint density at radius 1 is 1.25 bits per heavy atom. The lowest BCUT2D eigenvalue weighted by atomic mass is 9.81. The van der Waals surface area contributed by atoms with Crippen molar-refractivity contribution < 1.29 is 19.4 Å². The first-order valence-electron chi connectivity index (χ1n) is 10.7. The number of imide groups is 1. The summed E-state index contributed by atoms with van der Waals surface area (Å²) in [6.45, 7) is 2.66. The summed E-state index contributed by atoms with van der Waals surface area (Å²) in [7, 11) is 3.41. The van der Waals surface area contributed by atoms with Crippen molar-refractivity contribution in [3.8, 4) is 11.5 Å². The zero-order valence-corrected chi connectivity index (χ0v) is 18.3. The van der Waals surface area contributed by atoms with Gasteiger partial charge in [-0.3, -0.25) is 14.6 Å². The number of likely N-dealkylation sites (N-methyl/N-ethyl adjacent to an activating group) is 1. The first-order chi connectivity index (χ1) is 15.4. The molecule has 3 aromatic rings. The predicted molar refractivity (Wildman–Crippen MR) is 120 cm³/mol. The number of urea groups is 1. The van der Waals surface area contributed by atoms with Crippen LogP contribution in [-0.4, -0.2) is 64.6 Å². The molecule has 2 aromatic carbocycles. The number of aromatic nitrogens is 1. The largest absolute Gasteiger partial charge is 0.508 e. The molecule has 166 valence electrons. The molecule has 3 N–H and O–H groups in total. The van der Waals surface area contributed by atoms with Gasteiger partial charge in [-0.2, -0.15) is 0 Å². The maximum Gasteiger partial charge on any atom is 0.328 e. The van der Waals surface area contributed by atoms with Gasteiger partial charge in [0.25, 0.3) is 5.91 Å². The number of hydrogen-bond donors (Lipinski definition) is 3. The fourth-order valence-electron chi connectivity index (χ4n) is 5.08. The number of fused-ring (bicyclic) bond motifs is 4. The van der Waals surface area contributed by atoms with Gasteiger partial charge in [0.05, 0.1) is 7.11 Å². The minimum absolute atomic E-state index is 0.110. The monoisotopic (exact) mass is 434 g/mol. The topological polar surface area (TPSA) is 97.9 Å². The molecule has 8 nitrogen and oxygen atoms in total. The summed E-state index contributed by atoms with van der Waals surface area (Å²) in [5.41, 5.74) is 2.46. The van der Waals surface area contributed by atoms with E-state index < -0.39 is 11.6 Å². The van der Waals surface area contributed by atoms with Crippen LogP contribution >= 0.6 is 0 Å². The lowest BCUT2D eigenvalue weighted by Gasteiger charge is -2.42. The molecule has 0 spiro atoms. The standard InChI is InChI=1S/C24H26N4O4/c1-24-13-18-17-12-16(32-3)7-8-19(17)26-20(18)21(14-5-4-6-15(29)11-14)28(24)23(31)27(22(24)30)10-9-25-2/h4-8,11-12,21,25-26,29H,9-10,13H2,1-3H3. The Bertz CT molecular complexity index is 1240. The van der Waals surface area contributed by atoms with Crippen molar-refractivity contribution in [1.29, 1.82) is 0 Å². The zero-order valence-electron chi connectivity index (χ0n) is 18.3. The van der Waals surface area contributed by atoms with E-state index in [1.165, 1.54) is 4.90 Å². The molecule has 2 aliphatic heterocycles. The second-order valence-electron chi connectivity index (χ2n) is 8.59. The quantitative estimate of drug-likeness (QED) is 0.537. The van der Waals surface area contributed by atoms with E-state index in [0.717, 1.165) is 33.5 Å². The highest BCUT2D eigenvalue weighted by Crippen LogP contribution is 2.49. The minimum atomic E-state index is -1.04. The van der Waals surface area contributed by atoms with Crippen LogP contribution in [0.5, 0.6) is 11.5 Å². The number of H-pyrrole nitrogens is 1. The van der Waals surface area contributed by atoms with Crippen molar-refractivity contribution in [2.45, 2.75) is 24.9 Å². The molecular formula is C24H26N4O4. The van der Waals surface area contributed by atoms with Crippen LogP contribution in [-0.2, 0) is 11.2 Å². The Hall–Kier alpha value is -3.52. The van der Waals surface area contributed by atoms with Crippen LogP contribution in [0, 0.1) is 0 Å². The molecule has 3 heterocycles. The molecule has 2 unspecified atom stereocenters. The number of nitrogens with zero attached hydrogens (tertiary/aromatic N) is 2. The van der Waals surface area contributed by atoms with E-state index in [-0.39, 0.29) is 17.7 Å². The molecule has 0 saturated carbocycles. The maximum absolute atomic E-state index is 13.6. The third kappa shape index (κ3) is 2.79. The van der Waals surface area contributed by atoms with Gasteiger partial charge in [0.2, 0.25) is 0 Å². The molecular weight excluding hydrogens is 408 g/mol. The van der Waals surface area contributed by atoms with Gasteiger partial charge >= 0.3 is 6.03 Å². The number of phenolic OH excluding ortho intramolecular Hbond substituents is 1. The van der Waals surface area contributed by atoms with Crippen LogP contribution in [0.15, 0.2) is 42.5 Å². The molecule has 1 saturated heterocycles. The Balaban J connectivity index is 1.74. The number of ether oxygens (including phenoxy) is 1. The number of methoxy groups -OCH3 is 1. The summed E-state index contributed by atoms with van der Waals surface area (Å²) < 4.78 is 5.43. The average Bonchev–Trinajstić information content (AvgIpc) is 3.22. The van der Waals surface area contributed by atoms with Crippen LogP contribution in [0.3, 0.4) is 0 Å². The normalized spacial score (nSPS) is 22.4. The Morgan fingerprint density at radius 2 is 2.06 bits per heavy atom. The molecule has 32 heavy (non-hydrogen) atoms. The van der Waals surface area contributed by atoms with Crippen molar-refractivity contribution in [2.75, 3.05) is 27.2 Å². The number of benzene rings is 2. The summed E-state index contributed by atoms with van der Waals surface area (Å²) in [6, 6.07) is 11.8. The third-order valence-corrected chi connectivity index (χ3v) is 6.64. The van der Waals surface area contributed by atoms with E-state index in [4.69, 9.17) is 4.74 Å². The Labute approximate surface area is 185 Å². The summed E-state index contributed by atoms with van der Waals surface area (Å²) >= 11 is 0. The zero-order chi connectivity index (χ0) is 22.6. The van der Waals surface area contributed by atoms with E-state index in [0.29, 0.717) is 19.5 Å². The predicted octanol–water partition coefficient (Wildman–Crippen LogP) is 2.77. The first-order valence-corrected chi connectivity index (χ1v) is 10.7. The fourth-order valence-corrected chi connectivity index (χ4v) is 5.08. The molecule has 3 amide bonds. The van der Waals surface area contributed by atoms with Gasteiger partial charge in [-0.1, -0.05) is 12.1 Å². The van der Waals surface area contributed by atoms with Gasteiger partial charge in [-0.05, 0) is 55.4 Å².